The molecule has 0 aliphatic heterocycles. The molecule has 2 aromatic heterocycles. The molecule has 0 aliphatic rings. The summed E-state index contributed by atoms with van der Waals surface area (Å²) < 4.78 is 1.60. The Labute approximate surface area is 107 Å². The molecular weight excluding hydrogens is 244 g/mol. The average molecular weight is 254 g/mol. The quantitative estimate of drug-likeness (QED) is 0.646. The zero-order chi connectivity index (χ0) is 13.4. The molecule has 0 bridgehead atoms. The molecule has 0 saturated heterocycles. The zero-order valence-corrected chi connectivity index (χ0v) is 9.82. The van der Waals surface area contributed by atoms with Gasteiger partial charge in [-0.1, -0.05) is 0 Å². The number of anilines is 1. The van der Waals surface area contributed by atoms with Crippen LogP contribution in [0.3, 0.4) is 0 Å². The van der Waals surface area contributed by atoms with E-state index in [0.29, 0.717) is 11.5 Å². The van der Waals surface area contributed by atoms with Gasteiger partial charge in [0.15, 0.2) is 11.5 Å². The number of aromatic nitrogens is 4. The molecule has 7 nitrogen and oxygen atoms in total. The van der Waals surface area contributed by atoms with Crippen molar-refractivity contribution in [1.82, 2.24) is 20.0 Å². The molecule has 0 atom stereocenters. The summed E-state index contributed by atoms with van der Waals surface area (Å²) in [5.41, 5.74) is 12.4. The lowest BCUT2D eigenvalue weighted by atomic mass is 10.2. The molecule has 0 spiro atoms. The minimum atomic E-state index is -0.617. The Balaban J connectivity index is 2.13. The minimum absolute atomic E-state index is 0.111. The van der Waals surface area contributed by atoms with Crippen molar-refractivity contribution in [2.45, 2.75) is 0 Å². The topological polar surface area (TPSA) is 113 Å². The van der Waals surface area contributed by atoms with Crippen LogP contribution in [0.2, 0.25) is 0 Å². The lowest BCUT2D eigenvalue weighted by molar-refractivity contribution is 0.0994. The summed E-state index contributed by atoms with van der Waals surface area (Å²) in [6.07, 6.45) is 1.71. The van der Waals surface area contributed by atoms with E-state index in [9.17, 15) is 4.79 Å². The van der Waals surface area contributed by atoms with Crippen LogP contribution in [0.4, 0.5) is 5.69 Å². The van der Waals surface area contributed by atoms with Gasteiger partial charge in [-0.2, -0.15) is 5.10 Å². The number of rotatable bonds is 2. The number of nitrogen functional groups attached to an aromatic ring is 1. The maximum absolute atomic E-state index is 10.9. The Hall–Kier alpha value is -2.96. The molecule has 0 fully saturated rings. The molecule has 7 heteroatoms. The van der Waals surface area contributed by atoms with Gasteiger partial charge in [0.25, 0.3) is 5.91 Å². The first-order valence-corrected chi connectivity index (χ1v) is 5.52. The Morgan fingerprint density at radius 1 is 1.16 bits per heavy atom. The van der Waals surface area contributed by atoms with Crippen LogP contribution < -0.4 is 11.5 Å². The van der Waals surface area contributed by atoms with E-state index in [2.05, 4.69) is 15.3 Å². The first-order valence-electron chi connectivity index (χ1n) is 5.52. The largest absolute Gasteiger partial charge is 0.399 e. The number of benzene rings is 1. The summed E-state index contributed by atoms with van der Waals surface area (Å²) in [5.74, 6) is -0.126. The summed E-state index contributed by atoms with van der Waals surface area (Å²) in [7, 11) is 0. The van der Waals surface area contributed by atoms with E-state index in [1.165, 1.54) is 6.07 Å². The molecule has 1 amide bonds. The summed E-state index contributed by atoms with van der Waals surface area (Å²) >= 11 is 0. The summed E-state index contributed by atoms with van der Waals surface area (Å²) in [4.78, 5) is 10.9. The van der Waals surface area contributed by atoms with E-state index in [4.69, 9.17) is 11.5 Å². The van der Waals surface area contributed by atoms with Crippen molar-refractivity contribution in [2.24, 2.45) is 5.73 Å². The Bertz CT molecular complexity index is 761. The fourth-order valence-corrected chi connectivity index (χ4v) is 1.79. The summed E-state index contributed by atoms with van der Waals surface area (Å²) in [5, 5.41) is 12.8. The number of primary amides is 1. The molecule has 3 aromatic rings. The van der Waals surface area contributed by atoms with Crippen LogP contribution in [0.25, 0.3) is 16.7 Å². The second-order valence-electron chi connectivity index (χ2n) is 4.02. The standard InChI is InChI=1S/C12H10N6O/c13-8-2-1-7-6-15-18(10(7)5-8)11-4-3-9(12(14)19)16-17-11/h1-6H,13H2,(H2,14,19). The van der Waals surface area contributed by atoms with Gasteiger partial charge in [0.1, 0.15) is 0 Å². The highest BCUT2D eigenvalue weighted by Gasteiger charge is 2.08. The van der Waals surface area contributed by atoms with Crippen LogP contribution in [0.15, 0.2) is 36.5 Å². The predicted molar refractivity (Wildman–Crippen MR) is 69.6 cm³/mol. The van der Waals surface area contributed by atoms with Crippen molar-refractivity contribution in [2.75, 3.05) is 5.73 Å². The number of hydrogen-bond donors (Lipinski definition) is 2. The SMILES string of the molecule is NC(=O)c1ccc(-n2ncc3ccc(N)cc32)nn1. The summed E-state index contributed by atoms with van der Waals surface area (Å²) in [6, 6.07) is 8.61. The molecule has 0 aliphatic carbocycles. The van der Waals surface area contributed by atoms with Crippen molar-refractivity contribution >= 4 is 22.5 Å². The molecule has 2 heterocycles. The van der Waals surface area contributed by atoms with Gasteiger partial charge in [0, 0.05) is 11.1 Å². The second-order valence-corrected chi connectivity index (χ2v) is 4.02. The van der Waals surface area contributed by atoms with E-state index in [-0.39, 0.29) is 5.69 Å². The Morgan fingerprint density at radius 2 is 2.00 bits per heavy atom. The molecule has 1 aromatic carbocycles. The lowest BCUT2D eigenvalue weighted by Gasteiger charge is -2.02. The average Bonchev–Trinajstić information content (AvgIpc) is 2.81. The second kappa shape index (κ2) is 4.05. The van der Waals surface area contributed by atoms with Crippen LogP contribution in [0.5, 0.6) is 0 Å². The van der Waals surface area contributed by atoms with Crippen LogP contribution in [-0.2, 0) is 0 Å². The van der Waals surface area contributed by atoms with Gasteiger partial charge in [-0.25, -0.2) is 4.68 Å². The first kappa shape index (κ1) is 11.1. The van der Waals surface area contributed by atoms with Crippen molar-refractivity contribution in [3.8, 4) is 5.82 Å². The van der Waals surface area contributed by atoms with Gasteiger partial charge in [0.05, 0.1) is 11.7 Å². The first-order chi connectivity index (χ1) is 9.15. The number of hydrogen-bond acceptors (Lipinski definition) is 5. The molecule has 94 valence electrons. The number of carbonyl (C=O) groups excluding carboxylic acids is 1. The fourth-order valence-electron chi connectivity index (χ4n) is 1.79. The van der Waals surface area contributed by atoms with Crippen molar-refractivity contribution < 1.29 is 4.79 Å². The van der Waals surface area contributed by atoms with Gasteiger partial charge in [-0.15, -0.1) is 10.2 Å². The van der Waals surface area contributed by atoms with Gasteiger partial charge in [0.2, 0.25) is 0 Å². The van der Waals surface area contributed by atoms with Crippen LogP contribution >= 0.6 is 0 Å². The zero-order valence-electron chi connectivity index (χ0n) is 9.82. The fraction of sp³-hybridized carbons (Fsp3) is 0. The third-order valence-electron chi connectivity index (χ3n) is 2.71. The monoisotopic (exact) mass is 254 g/mol. The normalized spacial score (nSPS) is 10.7. The van der Waals surface area contributed by atoms with E-state index in [1.807, 2.05) is 6.07 Å². The van der Waals surface area contributed by atoms with Crippen LogP contribution in [-0.4, -0.2) is 25.9 Å². The molecular formula is C12H10N6O. The van der Waals surface area contributed by atoms with E-state index < -0.39 is 5.91 Å². The highest BCUT2D eigenvalue weighted by atomic mass is 16.1. The smallest absolute Gasteiger partial charge is 0.269 e. The number of nitrogens with zero attached hydrogens (tertiary/aromatic N) is 4. The third kappa shape index (κ3) is 1.86. The van der Waals surface area contributed by atoms with Crippen LogP contribution in [0.1, 0.15) is 10.5 Å². The van der Waals surface area contributed by atoms with Crippen LogP contribution in [0, 0.1) is 0 Å². The van der Waals surface area contributed by atoms with E-state index in [1.54, 1.807) is 29.1 Å². The van der Waals surface area contributed by atoms with Gasteiger partial charge >= 0.3 is 0 Å². The number of fused-ring (bicyclic) bond motifs is 1. The molecule has 0 unspecified atom stereocenters. The van der Waals surface area contributed by atoms with Gasteiger partial charge in [-0.05, 0) is 30.3 Å². The predicted octanol–water partition coefficient (Wildman–Crippen LogP) is 0.497. The van der Waals surface area contributed by atoms with Crippen molar-refractivity contribution in [3.05, 3.63) is 42.2 Å². The number of amides is 1. The molecule has 0 radical (unpaired) electrons. The van der Waals surface area contributed by atoms with Crippen molar-refractivity contribution in [1.29, 1.82) is 0 Å². The minimum Gasteiger partial charge on any atom is -0.399 e. The highest BCUT2D eigenvalue weighted by molar-refractivity contribution is 5.90. The van der Waals surface area contributed by atoms with Gasteiger partial charge < -0.3 is 11.5 Å². The molecule has 19 heavy (non-hydrogen) atoms. The number of carbonyl (C=O) groups is 1. The maximum Gasteiger partial charge on any atom is 0.269 e. The molecule has 4 N–H and O–H groups in total. The van der Waals surface area contributed by atoms with Gasteiger partial charge in [-0.3, -0.25) is 4.79 Å². The van der Waals surface area contributed by atoms with Crippen molar-refractivity contribution in [3.63, 3.8) is 0 Å². The number of nitrogens with two attached hydrogens (primary N) is 2. The third-order valence-corrected chi connectivity index (χ3v) is 2.71. The molecule has 0 saturated carbocycles. The highest BCUT2D eigenvalue weighted by Crippen LogP contribution is 2.19. The maximum atomic E-state index is 10.9. The summed E-state index contributed by atoms with van der Waals surface area (Å²) in [6.45, 7) is 0. The van der Waals surface area contributed by atoms with E-state index in [0.717, 1.165) is 10.9 Å². The molecule has 3 rings (SSSR count). The Morgan fingerprint density at radius 3 is 2.68 bits per heavy atom. The lowest BCUT2D eigenvalue weighted by Crippen LogP contribution is -2.14. The Kier molecular flexibility index (Phi) is 2.38. The van der Waals surface area contributed by atoms with E-state index >= 15 is 0 Å².